The van der Waals surface area contributed by atoms with Gasteiger partial charge in [-0.2, -0.15) is 9.78 Å². The SMILES string of the molecule is CCc1cc2c(=O)n(/N=C\c3ccc(C)s3)cnc2s1. The van der Waals surface area contributed by atoms with Crippen LogP contribution in [0.15, 0.2) is 34.4 Å². The number of thiophene rings is 2. The smallest absolute Gasteiger partial charge is 0.267 e. The molecule has 0 aliphatic carbocycles. The minimum Gasteiger partial charge on any atom is -0.267 e. The first-order valence-electron chi connectivity index (χ1n) is 6.28. The van der Waals surface area contributed by atoms with Gasteiger partial charge in [-0.1, -0.05) is 6.92 Å². The predicted molar refractivity (Wildman–Crippen MR) is 85.3 cm³/mol. The second-order valence-electron chi connectivity index (χ2n) is 4.37. The molecule has 0 atom stereocenters. The molecule has 20 heavy (non-hydrogen) atoms. The summed E-state index contributed by atoms with van der Waals surface area (Å²) < 4.78 is 1.30. The summed E-state index contributed by atoms with van der Waals surface area (Å²) in [6, 6.07) is 5.93. The maximum Gasteiger partial charge on any atom is 0.282 e. The Balaban J connectivity index is 2.01. The zero-order chi connectivity index (χ0) is 14.1. The zero-order valence-electron chi connectivity index (χ0n) is 11.2. The number of rotatable bonds is 3. The average molecular weight is 303 g/mol. The number of aromatic nitrogens is 2. The van der Waals surface area contributed by atoms with Gasteiger partial charge in [0.25, 0.3) is 5.56 Å². The highest BCUT2D eigenvalue weighted by Crippen LogP contribution is 2.21. The predicted octanol–water partition coefficient (Wildman–Crippen LogP) is 3.27. The van der Waals surface area contributed by atoms with E-state index in [1.165, 1.54) is 20.8 Å². The van der Waals surface area contributed by atoms with Crippen LogP contribution in [0.4, 0.5) is 0 Å². The summed E-state index contributed by atoms with van der Waals surface area (Å²) in [5.74, 6) is 0. The van der Waals surface area contributed by atoms with Crippen LogP contribution in [0.1, 0.15) is 21.6 Å². The number of aryl methyl sites for hydroxylation is 2. The summed E-state index contributed by atoms with van der Waals surface area (Å²) in [5, 5.41) is 4.85. The minimum absolute atomic E-state index is 0.115. The van der Waals surface area contributed by atoms with Gasteiger partial charge in [-0.3, -0.25) is 4.79 Å². The highest BCUT2D eigenvalue weighted by molar-refractivity contribution is 7.18. The Morgan fingerprint density at radius 3 is 2.95 bits per heavy atom. The molecular weight excluding hydrogens is 290 g/mol. The first kappa shape index (κ1) is 13.2. The molecule has 0 amide bonds. The molecule has 0 aliphatic heterocycles. The van der Waals surface area contributed by atoms with Crippen molar-refractivity contribution in [2.45, 2.75) is 20.3 Å². The molecule has 3 rings (SSSR count). The fourth-order valence-corrected chi connectivity index (χ4v) is 3.53. The molecule has 3 aromatic heterocycles. The van der Waals surface area contributed by atoms with Crippen LogP contribution >= 0.6 is 22.7 Å². The molecule has 0 spiro atoms. The van der Waals surface area contributed by atoms with Crippen LogP contribution in [0, 0.1) is 6.92 Å². The van der Waals surface area contributed by atoms with Crippen molar-refractivity contribution < 1.29 is 0 Å². The summed E-state index contributed by atoms with van der Waals surface area (Å²) >= 11 is 3.20. The van der Waals surface area contributed by atoms with Gasteiger partial charge in [0.2, 0.25) is 0 Å². The average Bonchev–Trinajstić information content (AvgIpc) is 3.04. The largest absolute Gasteiger partial charge is 0.282 e. The highest BCUT2D eigenvalue weighted by Gasteiger charge is 2.07. The van der Waals surface area contributed by atoms with Crippen molar-refractivity contribution in [1.29, 1.82) is 0 Å². The maximum absolute atomic E-state index is 12.3. The lowest BCUT2D eigenvalue weighted by molar-refractivity contribution is 0.819. The molecule has 0 saturated carbocycles. The second-order valence-corrected chi connectivity index (χ2v) is 6.81. The molecule has 3 aromatic rings. The number of fused-ring (bicyclic) bond motifs is 1. The summed E-state index contributed by atoms with van der Waals surface area (Å²) in [6.07, 6.45) is 4.09. The van der Waals surface area contributed by atoms with E-state index in [1.807, 2.05) is 25.1 Å². The van der Waals surface area contributed by atoms with Crippen molar-refractivity contribution >= 4 is 39.1 Å². The molecule has 4 nitrogen and oxygen atoms in total. The normalized spacial score (nSPS) is 11.7. The van der Waals surface area contributed by atoms with Gasteiger partial charge in [0.1, 0.15) is 11.2 Å². The monoisotopic (exact) mass is 303 g/mol. The first-order chi connectivity index (χ1) is 9.67. The zero-order valence-corrected chi connectivity index (χ0v) is 12.8. The first-order valence-corrected chi connectivity index (χ1v) is 7.91. The van der Waals surface area contributed by atoms with Crippen LogP contribution in [0.5, 0.6) is 0 Å². The van der Waals surface area contributed by atoms with Crippen LogP contribution < -0.4 is 5.56 Å². The van der Waals surface area contributed by atoms with Crippen molar-refractivity contribution in [3.8, 4) is 0 Å². The molecule has 0 saturated heterocycles. The lowest BCUT2D eigenvalue weighted by Gasteiger charge is -1.95. The lowest BCUT2D eigenvalue weighted by atomic mass is 10.3. The molecule has 0 fully saturated rings. The van der Waals surface area contributed by atoms with E-state index < -0.39 is 0 Å². The number of hydrogen-bond donors (Lipinski definition) is 0. The van der Waals surface area contributed by atoms with E-state index in [9.17, 15) is 4.79 Å². The van der Waals surface area contributed by atoms with E-state index in [1.54, 1.807) is 28.9 Å². The Kier molecular flexibility index (Phi) is 3.50. The molecule has 0 bridgehead atoms. The molecule has 3 heterocycles. The van der Waals surface area contributed by atoms with Crippen molar-refractivity contribution in [2.75, 3.05) is 0 Å². The van der Waals surface area contributed by atoms with E-state index >= 15 is 0 Å². The van der Waals surface area contributed by atoms with E-state index in [4.69, 9.17) is 0 Å². The minimum atomic E-state index is -0.115. The molecule has 0 aromatic carbocycles. The van der Waals surface area contributed by atoms with E-state index in [0.717, 1.165) is 16.1 Å². The molecule has 0 radical (unpaired) electrons. The van der Waals surface area contributed by atoms with E-state index in [-0.39, 0.29) is 5.56 Å². The van der Waals surface area contributed by atoms with Gasteiger partial charge in [0.15, 0.2) is 0 Å². The summed E-state index contributed by atoms with van der Waals surface area (Å²) in [4.78, 5) is 20.8. The van der Waals surface area contributed by atoms with E-state index in [0.29, 0.717) is 5.39 Å². The fraction of sp³-hybridized carbons (Fsp3) is 0.214. The van der Waals surface area contributed by atoms with Gasteiger partial charge in [-0.15, -0.1) is 22.7 Å². The fourth-order valence-electron chi connectivity index (χ4n) is 1.86. The van der Waals surface area contributed by atoms with Gasteiger partial charge < -0.3 is 0 Å². The standard InChI is InChI=1S/C14H13N3OS2/c1-3-10-6-12-13(20-10)15-8-17(14(12)18)16-7-11-5-4-9(2)19-11/h4-8H,3H2,1-2H3/b16-7-. The third kappa shape index (κ3) is 2.44. The summed E-state index contributed by atoms with van der Waals surface area (Å²) in [7, 11) is 0. The van der Waals surface area contributed by atoms with Gasteiger partial charge in [0, 0.05) is 14.6 Å². The molecular formula is C14H13N3OS2. The molecule has 102 valence electrons. The van der Waals surface area contributed by atoms with Gasteiger partial charge in [0.05, 0.1) is 11.6 Å². The highest BCUT2D eigenvalue weighted by atomic mass is 32.1. The summed E-state index contributed by atoms with van der Waals surface area (Å²) in [6.45, 7) is 4.11. The molecule has 0 aliphatic rings. The van der Waals surface area contributed by atoms with Gasteiger partial charge >= 0.3 is 0 Å². The maximum atomic E-state index is 12.3. The molecule has 0 unspecified atom stereocenters. The third-order valence-electron chi connectivity index (χ3n) is 2.91. The second kappa shape index (κ2) is 5.30. The Morgan fingerprint density at radius 1 is 1.40 bits per heavy atom. The quantitative estimate of drug-likeness (QED) is 0.697. The van der Waals surface area contributed by atoms with Crippen LogP contribution in [0.25, 0.3) is 10.2 Å². The van der Waals surface area contributed by atoms with Gasteiger partial charge in [-0.05, 0) is 31.5 Å². The summed E-state index contributed by atoms with van der Waals surface area (Å²) in [5.41, 5.74) is -0.115. The Labute approximate surface area is 124 Å². The third-order valence-corrected chi connectivity index (χ3v) is 5.03. The van der Waals surface area contributed by atoms with Crippen molar-refractivity contribution in [2.24, 2.45) is 5.10 Å². The Morgan fingerprint density at radius 2 is 2.25 bits per heavy atom. The Hall–Kier alpha value is -1.79. The van der Waals surface area contributed by atoms with E-state index in [2.05, 4.69) is 17.0 Å². The van der Waals surface area contributed by atoms with Crippen LogP contribution in [-0.4, -0.2) is 15.9 Å². The van der Waals surface area contributed by atoms with Crippen molar-refractivity contribution in [3.05, 3.63) is 49.5 Å². The Bertz CT molecular complexity index is 842. The molecule has 6 heteroatoms. The van der Waals surface area contributed by atoms with Crippen LogP contribution in [0.2, 0.25) is 0 Å². The lowest BCUT2D eigenvalue weighted by Crippen LogP contribution is -2.16. The van der Waals surface area contributed by atoms with Gasteiger partial charge in [-0.25, -0.2) is 4.98 Å². The van der Waals surface area contributed by atoms with Crippen molar-refractivity contribution in [1.82, 2.24) is 9.66 Å². The number of nitrogens with zero attached hydrogens (tertiary/aromatic N) is 3. The molecule has 0 N–H and O–H groups in total. The van der Waals surface area contributed by atoms with Crippen molar-refractivity contribution in [3.63, 3.8) is 0 Å². The van der Waals surface area contributed by atoms with Crippen LogP contribution in [-0.2, 0) is 6.42 Å². The number of hydrogen-bond acceptors (Lipinski definition) is 5. The van der Waals surface area contributed by atoms with Crippen LogP contribution in [0.3, 0.4) is 0 Å². The topological polar surface area (TPSA) is 47.2 Å².